The number of ether oxygens (including phenoxy) is 2. The first-order chi connectivity index (χ1) is 9.72. The summed E-state index contributed by atoms with van der Waals surface area (Å²) in [7, 11) is 1.94. The van der Waals surface area contributed by atoms with Crippen LogP contribution in [0.2, 0.25) is 0 Å². The van der Waals surface area contributed by atoms with Gasteiger partial charge in [0.1, 0.15) is 17.2 Å². The minimum atomic E-state index is 0.654. The number of benzene rings is 2. The highest BCUT2D eigenvalue weighted by atomic mass is 16.5. The van der Waals surface area contributed by atoms with Gasteiger partial charge in [-0.1, -0.05) is 18.2 Å². The van der Waals surface area contributed by atoms with Crippen molar-refractivity contribution in [1.29, 1.82) is 0 Å². The van der Waals surface area contributed by atoms with Crippen LogP contribution in [-0.2, 0) is 6.54 Å². The third-order valence-corrected chi connectivity index (χ3v) is 2.96. The van der Waals surface area contributed by atoms with Gasteiger partial charge in [0.05, 0.1) is 6.61 Å². The van der Waals surface area contributed by atoms with Gasteiger partial charge in [0.15, 0.2) is 0 Å². The second kappa shape index (κ2) is 6.96. The van der Waals surface area contributed by atoms with Gasteiger partial charge < -0.3 is 14.8 Å². The smallest absolute Gasteiger partial charge is 0.131 e. The zero-order valence-electron chi connectivity index (χ0n) is 12.3. The van der Waals surface area contributed by atoms with Crippen LogP contribution in [0.25, 0.3) is 0 Å². The second-order valence-electron chi connectivity index (χ2n) is 4.64. The molecule has 3 heteroatoms. The van der Waals surface area contributed by atoms with Gasteiger partial charge in [-0.2, -0.15) is 0 Å². The van der Waals surface area contributed by atoms with Crippen molar-refractivity contribution in [2.45, 2.75) is 20.4 Å². The van der Waals surface area contributed by atoms with Crippen molar-refractivity contribution < 1.29 is 9.47 Å². The first-order valence-electron chi connectivity index (χ1n) is 6.87. The lowest BCUT2D eigenvalue weighted by Gasteiger charge is -2.11. The summed E-state index contributed by atoms with van der Waals surface area (Å²) in [6, 6.07) is 13.9. The molecule has 0 radical (unpaired) electrons. The molecule has 0 aliphatic rings. The minimum absolute atomic E-state index is 0.654. The van der Waals surface area contributed by atoms with E-state index in [4.69, 9.17) is 9.47 Å². The number of hydrogen-bond acceptors (Lipinski definition) is 3. The van der Waals surface area contributed by atoms with Gasteiger partial charge in [0, 0.05) is 12.6 Å². The van der Waals surface area contributed by atoms with Crippen LogP contribution in [-0.4, -0.2) is 13.7 Å². The molecule has 0 atom stereocenters. The Hall–Kier alpha value is -2.00. The summed E-state index contributed by atoms with van der Waals surface area (Å²) in [5, 5.41) is 3.14. The molecule has 0 aliphatic carbocycles. The molecule has 0 heterocycles. The summed E-state index contributed by atoms with van der Waals surface area (Å²) in [6.07, 6.45) is 0. The molecule has 1 N–H and O–H groups in total. The van der Waals surface area contributed by atoms with Crippen molar-refractivity contribution in [3.05, 3.63) is 53.6 Å². The molecule has 106 valence electrons. The molecular formula is C17H21NO2. The predicted octanol–water partition coefficient (Wildman–Crippen LogP) is 3.91. The minimum Gasteiger partial charge on any atom is -0.494 e. The Bertz CT molecular complexity index is 567. The van der Waals surface area contributed by atoms with E-state index >= 15 is 0 Å². The molecule has 2 aromatic carbocycles. The Kier molecular flexibility index (Phi) is 5.02. The van der Waals surface area contributed by atoms with Crippen molar-refractivity contribution in [3.8, 4) is 17.2 Å². The molecule has 0 saturated carbocycles. The van der Waals surface area contributed by atoms with Gasteiger partial charge in [-0.3, -0.25) is 0 Å². The van der Waals surface area contributed by atoms with E-state index in [1.54, 1.807) is 0 Å². The van der Waals surface area contributed by atoms with E-state index in [9.17, 15) is 0 Å². The third kappa shape index (κ3) is 3.75. The Balaban J connectivity index is 2.15. The second-order valence-corrected chi connectivity index (χ2v) is 4.64. The summed E-state index contributed by atoms with van der Waals surface area (Å²) in [5.41, 5.74) is 2.37. The van der Waals surface area contributed by atoms with E-state index in [1.165, 1.54) is 5.56 Å². The first-order valence-corrected chi connectivity index (χ1v) is 6.87. The van der Waals surface area contributed by atoms with Gasteiger partial charge >= 0.3 is 0 Å². The van der Waals surface area contributed by atoms with Crippen LogP contribution in [0.5, 0.6) is 17.2 Å². The van der Waals surface area contributed by atoms with Gasteiger partial charge in [-0.25, -0.2) is 0 Å². The van der Waals surface area contributed by atoms with Gasteiger partial charge in [-0.05, 0) is 50.2 Å². The Morgan fingerprint density at radius 3 is 2.55 bits per heavy atom. The quantitative estimate of drug-likeness (QED) is 0.864. The maximum absolute atomic E-state index is 5.93. The number of hydrogen-bond donors (Lipinski definition) is 1. The zero-order chi connectivity index (χ0) is 14.4. The van der Waals surface area contributed by atoms with E-state index < -0.39 is 0 Å². The summed E-state index contributed by atoms with van der Waals surface area (Å²) < 4.78 is 11.4. The lowest BCUT2D eigenvalue weighted by molar-refractivity contribution is 0.338. The SMILES string of the molecule is CCOc1cccc(Oc2ccc(CNC)cc2C)c1. The highest BCUT2D eigenvalue weighted by Gasteiger charge is 2.04. The van der Waals surface area contributed by atoms with Crippen LogP contribution in [0.3, 0.4) is 0 Å². The monoisotopic (exact) mass is 271 g/mol. The molecule has 0 aromatic heterocycles. The predicted molar refractivity (Wildman–Crippen MR) is 81.6 cm³/mol. The molecule has 0 unspecified atom stereocenters. The molecule has 0 saturated heterocycles. The van der Waals surface area contributed by atoms with Gasteiger partial charge in [0.2, 0.25) is 0 Å². The summed E-state index contributed by atoms with van der Waals surface area (Å²) >= 11 is 0. The topological polar surface area (TPSA) is 30.5 Å². The van der Waals surface area contributed by atoms with Gasteiger partial charge in [0.25, 0.3) is 0 Å². The average molecular weight is 271 g/mol. The Morgan fingerprint density at radius 2 is 1.85 bits per heavy atom. The molecule has 3 nitrogen and oxygen atoms in total. The van der Waals surface area contributed by atoms with Crippen molar-refractivity contribution >= 4 is 0 Å². The van der Waals surface area contributed by atoms with E-state index in [0.717, 1.165) is 29.4 Å². The standard InChI is InChI=1S/C17H21NO2/c1-4-19-15-6-5-7-16(11-15)20-17-9-8-14(12-18-3)10-13(17)2/h5-11,18H,4,12H2,1-3H3. The lowest BCUT2D eigenvalue weighted by atomic mass is 10.1. The maximum Gasteiger partial charge on any atom is 0.131 e. The first kappa shape index (κ1) is 14.4. The summed E-state index contributed by atoms with van der Waals surface area (Å²) in [6.45, 7) is 5.54. The fourth-order valence-electron chi connectivity index (χ4n) is 2.06. The number of nitrogens with one attached hydrogen (secondary N) is 1. The zero-order valence-corrected chi connectivity index (χ0v) is 12.3. The van der Waals surface area contributed by atoms with Crippen LogP contribution in [0.4, 0.5) is 0 Å². The summed E-state index contributed by atoms with van der Waals surface area (Å²) in [5.74, 6) is 2.49. The molecule has 0 bridgehead atoms. The molecular weight excluding hydrogens is 250 g/mol. The van der Waals surface area contributed by atoms with Crippen molar-refractivity contribution in [2.24, 2.45) is 0 Å². The van der Waals surface area contributed by atoms with Crippen LogP contribution < -0.4 is 14.8 Å². The molecule has 0 amide bonds. The molecule has 2 aromatic rings. The van der Waals surface area contributed by atoms with Gasteiger partial charge in [-0.15, -0.1) is 0 Å². The molecule has 0 fully saturated rings. The highest BCUT2D eigenvalue weighted by Crippen LogP contribution is 2.28. The van der Waals surface area contributed by atoms with Crippen molar-refractivity contribution in [1.82, 2.24) is 5.32 Å². The van der Waals surface area contributed by atoms with Crippen LogP contribution in [0.1, 0.15) is 18.1 Å². The van der Waals surface area contributed by atoms with E-state index in [-0.39, 0.29) is 0 Å². The normalized spacial score (nSPS) is 10.3. The Labute approximate surface area is 120 Å². The maximum atomic E-state index is 5.93. The number of aryl methyl sites for hydroxylation is 1. The summed E-state index contributed by atoms with van der Waals surface area (Å²) in [4.78, 5) is 0. The molecule has 0 aliphatic heterocycles. The third-order valence-electron chi connectivity index (χ3n) is 2.96. The van der Waals surface area contributed by atoms with Crippen molar-refractivity contribution in [3.63, 3.8) is 0 Å². The van der Waals surface area contributed by atoms with E-state index in [0.29, 0.717) is 6.61 Å². The van der Waals surface area contributed by atoms with Crippen LogP contribution in [0.15, 0.2) is 42.5 Å². The Morgan fingerprint density at radius 1 is 1.05 bits per heavy atom. The fraction of sp³-hybridized carbons (Fsp3) is 0.294. The van der Waals surface area contributed by atoms with E-state index in [1.807, 2.05) is 44.3 Å². The molecule has 0 spiro atoms. The highest BCUT2D eigenvalue weighted by molar-refractivity contribution is 5.41. The fourth-order valence-corrected chi connectivity index (χ4v) is 2.06. The largest absolute Gasteiger partial charge is 0.494 e. The van der Waals surface area contributed by atoms with E-state index in [2.05, 4.69) is 24.4 Å². The lowest BCUT2D eigenvalue weighted by Crippen LogP contribution is -2.05. The van der Waals surface area contributed by atoms with Crippen molar-refractivity contribution in [2.75, 3.05) is 13.7 Å². The average Bonchev–Trinajstić information content (AvgIpc) is 2.43. The molecule has 20 heavy (non-hydrogen) atoms. The van der Waals surface area contributed by atoms with Crippen LogP contribution >= 0.6 is 0 Å². The van der Waals surface area contributed by atoms with Crippen LogP contribution in [0, 0.1) is 6.92 Å². The molecule has 2 rings (SSSR count). The number of rotatable bonds is 6.